The Hall–Kier alpha value is -4.56. The van der Waals surface area contributed by atoms with Crippen LogP contribution in [0.4, 0.5) is 5.69 Å². The predicted octanol–water partition coefficient (Wildman–Crippen LogP) is 5.99. The van der Waals surface area contributed by atoms with Crippen LogP contribution in [0.1, 0.15) is 27.6 Å². The molecule has 1 atom stereocenters. The first-order chi connectivity index (χ1) is 18.5. The van der Waals surface area contributed by atoms with Gasteiger partial charge in [0.2, 0.25) is 6.79 Å². The Morgan fingerprint density at radius 2 is 1.82 bits per heavy atom. The van der Waals surface area contributed by atoms with E-state index in [0.717, 1.165) is 16.0 Å². The normalized spacial score (nSPS) is 17.7. The van der Waals surface area contributed by atoms with Crippen molar-refractivity contribution in [3.8, 4) is 17.2 Å². The molecule has 2 aliphatic rings. The quantitative estimate of drug-likeness (QED) is 0.189. The fourth-order valence-corrected chi connectivity index (χ4v) is 5.52. The number of hydrogen-bond donors (Lipinski definition) is 1. The van der Waals surface area contributed by atoms with Gasteiger partial charge >= 0.3 is 0 Å². The van der Waals surface area contributed by atoms with Gasteiger partial charge in [0.1, 0.15) is 24.2 Å². The highest BCUT2D eigenvalue weighted by Gasteiger charge is 2.47. The molecule has 1 aromatic heterocycles. The van der Waals surface area contributed by atoms with Crippen molar-refractivity contribution in [1.29, 1.82) is 0 Å². The van der Waals surface area contributed by atoms with Gasteiger partial charge in [-0.3, -0.25) is 14.5 Å². The molecule has 1 amide bonds. The van der Waals surface area contributed by atoms with Crippen LogP contribution < -0.4 is 19.1 Å². The van der Waals surface area contributed by atoms with Crippen molar-refractivity contribution in [2.45, 2.75) is 19.6 Å². The predicted molar refractivity (Wildman–Crippen MR) is 144 cm³/mol. The zero-order valence-corrected chi connectivity index (χ0v) is 21.2. The Morgan fingerprint density at radius 1 is 1.00 bits per heavy atom. The lowest BCUT2D eigenvalue weighted by molar-refractivity contribution is -0.132. The van der Waals surface area contributed by atoms with Crippen LogP contribution in [-0.2, 0) is 16.2 Å². The molecule has 2 aliphatic heterocycles. The van der Waals surface area contributed by atoms with E-state index in [2.05, 4.69) is 0 Å². The zero-order valence-electron chi connectivity index (χ0n) is 20.4. The lowest BCUT2D eigenvalue weighted by Gasteiger charge is -2.24. The first kappa shape index (κ1) is 23.8. The molecule has 0 spiro atoms. The minimum atomic E-state index is -0.787. The van der Waals surface area contributed by atoms with Gasteiger partial charge in [-0.25, -0.2) is 0 Å². The van der Waals surface area contributed by atoms with E-state index in [1.54, 1.807) is 36.4 Å². The van der Waals surface area contributed by atoms with E-state index in [4.69, 9.17) is 14.2 Å². The average molecular weight is 526 g/mol. The first-order valence-electron chi connectivity index (χ1n) is 12.0. The summed E-state index contributed by atoms with van der Waals surface area (Å²) in [5.74, 6) is 0.0341. The van der Waals surface area contributed by atoms with Gasteiger partial charge in [0.15, 0.2) is 11.5 Å². The molecule has 0 radical (unpaired) electrons. The summed E-state index contributed by atoms with van der Waals surface area (Å²) in [4.78, 5) is 28.9. The minimum Gasteiger partial charge on any atom is -0.507 e. The molecule has 7 nitrogen and oxygen atoms in total. The first-order valence-corrected chi connectivity index (χ1v) is 12.9. The lowest BCUT2D eigenvalue weighted by Crippen LogP contribution is -2.29. The largest absolute Gasteiger partial charge is 0.507 e. The number of hydrogen-bond acceptors (Lipinski definition) is 7. The summed E-state index contributed by atoms with van der Waals surface area (Å²) in [6, 6.07) is 23.1. The van der Waals surface area contributed by atoms with Crippen LogP contribution in [0, 0.1) is 6.92 Å². The summed E-state index contributed by atoms with van der Waals surface area (Å²) < 4.78 is 16.8. The number of thiophene rings is 1. The highest BCUT2D eigenvalue weighted by atomic mass is 32.1. The van der Waals surface area contributed by atoms with E-state index in [-0.39, 0.29) is 18.1 Å². The molecule has 8 heteroatoms. The molecule has 3 aromatic carbocycles. The number of aryl methyl sites for hydroxylation is 1. The van der Waals surface area contributed by atoms with Crippen molar-refractivity contribution in [1.82, 2.24) is 0 Å². The van der Waals surface area contributed by atoms with E-state index in [9.17, 15) is 14.7 Å². The van der Waals surface area contributed by atoms with Gasteiger partial charge in [-0.1, -0.05) is 36.4 Å². The molecule has 1 N–H and O–H groups in total. The van der Waals surface area contributed by atoms with Gasteiger partial charge in [-0.2, -0.15) is 0 Å². The number of Topliss-reactive ketones (excluding diaryl/α,β-unsaturated/α-hetero) is 1. The van der Waals surface area contributed by atoms with Gasteiger partial charge in [-0.05, 0) is 59.8 Å². The maximum absolute atomic E-state index is 13.4. The van der Waals surface area contributed by atoms with Crippen molar-refractivity contribution in [3.63, 3.8) is 0 Å². The molecular formula is C30H23NO6S. The molecule has 190 valence electrons. The topological polar surface area (TPSA) is 85.3 Å². The Bertz CT molecular complexity index is 1560. The van der Waals surface area contributed by atoms with Crippen LogP contribution in [0.2, 0.25) is 0 Å². The van der Waals surface area contributed by atoms with Gasteiger partial charge < -0.3 is 19.3 Å². The number of aliphatic hydroxyl groups is 1. The number of rotatable bonds is 6. The van der Waals surface area contributed by atoms with E-state index in [0.29, 0.717) is 35.1 Å². The summed E-state index contributed by atoms with van der Waals surface area (Å²) in [5.41, 5.74) is 2.78. The minimum absolute atomic E-state index is 0.0347. The fourth-order valence-electron chi connectivity index (χ4n) is 4.70. The highest BCUT2D eigenvalue weighted by molar-refractivity contribution is 7.10. The second kappa shape index (κ2) is 9.72. The summed E-state index contributed by atoms with van der Waals surface area (Å²) in [6.45, 7) is 2.38. The number of aliphatic hydroxyl groups excluding tert-OH is 1. The van der Waals surface area contributed by atoms with Gasteiger partial charge in [0.25, 0.3) is 11.7 Å². The third kappa shape index (κ3) is 4.18. The molecule has 6 rings (SSSR count). The number of carbonyl (C=O) groups excluding carboxylic acids is 2. The van der Waals surface area contributed by atoms with Crippen LogP contribution in [0.15, 0.2) is 89.8 Å². The van der Waals surface area contributed by atoms with Gasteiger partial charge in [0.05, 0.1) is 5.57 Å². The van der Waals surface area contributed by atoms with E-state index in [1.165, 1.54) is 16.2 Å². The molecule has 1 saturated heterocycles. The van der Waals surface area contributed by atoms with Crippen molar-refractivity contribution in [3.05, 3.63) is 111 Å². The second-order valence-electron chi connectivity index (χ2n) is 8.98. The molecule has 1 fully saturated rings. The Kier molecular flexibility index (Phi) is 6.09. The molecule has 4 aromatic rings. The van der Waals surface area contributed by atoms with Crippen LogP contribution in [0.5, 0.6) is 17.2 Å². The standard InChI is InChI=1S/C30H23NO6S/c1-18-14-20(9-11-22(18)35-16-19-6-3-2-4-7-19)28(32)26-27(25-8-5-13-38-25)31(30(34)29(26)33)21-10-12-23-24(15-21)37-17-36-23/h2-15,27,32H,16-17H2,1H3/b28-26-. The summed E-state index contributed by atoms with van der Waals surface area (Å²) in [5, 5.41) is 13.3. The number of fused-ring (bicyclic) bond motifs is 1. The summed E-state index contributed by atoms with van der Waals surface area (Å²) in [6.07, 6.45) is 0. The number of ether oxygens (including phenoxy) is 3. The number of anilines is 1. The van der Waals surface area contributed by atoms with E-state index in [1.807, 2.05) is 54.8 Å². The maximum atomic E-state index is 13.4. The number of nitrogens with zero attached hydrogens (tertiary/aromatic N) is 1. The molecule has 38 heavy (non-hydrogen) atoms. The van der Waals surface area contributed by atoms with Crippen LogP contribution in [-0.4, -0.2) is 23.6 Å². The molecular weight excluding hydrogens is 502 g/mol. The van der Waals surface area contributed by atoms with Crippen molar-refractivity contribution in [2.75, 3.05) is 11.7 Å². The van der Waals surface area contributed by atoms with Gasteiger partial charge in [0, 0.05) is 22.2 Å². The highest BCUT2D eigenvalue weighted by Crippen LogP contribution is 2.46. The lowest BCUT2D eigenvalue weighted by atomic mass is 9.98. The Balaban J connectivity index is 1.37. The third-order valence-corrected chi connectivity index (χ3v) is 7.50. The van der Waals surface area contributed by atoms with Gasteiger partial charge in [-0.15, -0.1) is 11.3 Å². The van der Waals surface area contributed by atoms with Crippen molar-refractivity contribution < 1.29 is 28.9 Å². The average Bonchev–Trinajstić information content (AvgIpc) is 3.68. The zero-order chi connectivity index (χ0) is 26.2. The van der Waals surface area contributed by atoms with Crippen LogP contribution >= 0.6 is 11.3 Å². The number of carbonyl (C=O) groups is 2. The summed E-state index contributed by atoms with van der Waals surface area (Å²) in [7, 11) is 0. The van der Waals surface area contributed by atoms with E-state index < -0.39 is 17.7 Å². The third-order valence-electron chi connectivity index (χ3n) is 6.58. The Morgan fingerprint density at radius 3 is 2.58 bits per heavy atom. The number of benzene rings is 3. The van der Waals surface area contributed by atoms with E-state index >= 15 is 0 Å². The van der Waals surface area contributed by atoms with Crippen molar-refractivity contribution >= 4 is 34.5 Å². The number of amides is 1. The van der Waals surface area contributed by atoms with Crippen molar-refractivity contribution in [2.24, 2.45) is 0 Å². The smallest absolute Gasteiger partial charge is 0.300 e. The van der Waals surface area contributed by atoms with Crippen LogP contribution in [0.3, 0.4) is 0 Å². The van der Waals surface area contributed by atoms with Crippen LogP contribution in [0.25, 0.3) is 5.76 Å². The molecule has 0 bridgehead atoms. The maximum Gasteiger partial charge on any atom is 0.300 e. The SMILES string of the molecule is Cc1cc(/C(O)=C2/C(=O)C(=O)N(c3ccc4c(c3)OCO4)C2c2cccs2)ccc1OCc1ccccc1. The molecule has 1 unspecified atom stereocenters. The Labute approximate surface area is 223 Å². The molecule has 3 heterocycles. The number of ketones is 1. The second-order valence-corrected chi connectivity index (χ2v) is 9.96. The fraction of sp³-hybridized carbons (Fsp3) is 0.133. The molecule has 0 saturated carbocycles. The molecule has 0 aliphatic carbocycles. The summed E-state index contributed by atoms with van der Waals surface area (Å²) >= 11 is 1.41. The monoisotopic (exact) mass is 525 g/mol.